The van der Waals surface area contributed by atoms with E-state index in [2.05, 4.69) is 17.6 Å². The molecule has 0 bridgehead atoms. The predicted octanol–water partition coefficient (Wildman–Crippen LogP) is 1.34. The number of carbonyl (C=O) groups excluding carboxylic acids is 1. The van der Waals surface area contributed by atoms with Crippen LogP contribution in [0.15, 0.2) is 24.3 Å². The smallest absolute Gasteiger partial charge is 0.251 e. The van der Waals surface area contributed by atoms with Crippen molar-refractivity contribution in [1.29, 1.82) is 0 Å². The van der Waals surface area contributed by atoms with Crippen LogP contribution in [0.25, 0.3) is 0 Å². The van der Waals surface area contributed by atoms with Crippen molar-refractivity contribution < 1.29 is 4.79 Å². The summed E-state index contributed by atoms with van der Waals surface area (Å²) < 4.78 is 0. The summed E-state index contributed by atoms with van der Waals surface area (Å²) >= 11 is 0. The first-order valence-electron chi connectivity index (χ1n) is 5.90. The van der Waals surface area contributed by atoms with Gasteiger partial charge >= 0.3 is 0 Å². The van der Waals surface area contributed by atoms with Crippen LogP contribution in [0.2, 0.25) is 0 Å². The molecule has 0 aliphatic carbocycles. The molecule has 3 nitrogen and oxygen atoms in total. The average molecular weight is 218 g/mol. The van der Waals surface area contributed by atoms with Gasteiger partial charge in [-0.25, -0.2) is 0 Å². The number of carbonyl (C=O) groups is 1. The van der Waals surface area contributed by atoms with Crippen molar-refractivity contribution in [2.24, 2.45) is 0 Å². The summed E-state index contributed by atoms with van der Waals surface area (Å²) in [5, 5.41) is 6.26. The molecule has 0 saturated carbocycles. The van der Waals surface area contributed by atoms with Gasteiger partial charge in [-0.2, -0.15) is 0 Å². The lowest BCUT2D eigenvalue weighted by molar-refractivity contribution is 0.0940. The van der Waals surface area contributed by atoms with Crippen LogP contribution >= 0.6 is 0 Å². The van der Waals surface area contributed by atoms with Crippen LogP contribution in [0.1, 0.15) is 29.3 Å². The van der Waals surface area contributed by atoms with E-state index in [9.17, 15) is 4.79 Å². The van der Waals surface area contributed by atoms with E-state index in [0.29, 0.717) is 6.04 Å². The minimum Gasteiger partial charge on any atom is -0.348 e. The first-order chi connectivity index (χ1) is 7.79. The van der Waals surface area contributed by atoms with Crippen molar-refractivity contribution >= 4 is 5.91 Å². The highest BCUT2D eigenvalue weighted by molar-refractivity contribution is 5.94. The average Bonchev–Trinajstić information content (AvgIpc) is 2.82. The lowest BCUT2D eigenvalue weighted by Crippen LogP contribution is -2.36. The van der Waals surface area contributed by atoms with E-state index in [0.717, 1.165) is 31.5 Å². The summed E-state index contributed by atoms with van der Waals surface area (Å²) in [6, 6.07) is 8.12. The topological polar surface area (TPSA) is 41.1 Å². The van der Waals surface area contributed by atoms with E-state index in [4.69, 9.17) is 0 Å². The molecule has 1 aromatic rings. The first-order valence-corrected chi connectivity index (χ1v) is 5.90. The van der Waals surface area contributed by atoms with Crippen molar-refractivity contribution in [3.05, 3.63) is 35.4 Å². The molecule has 1 atom stereocenters. The number of hydrogen-bond donors (Lipinski definition) is 2. The molecule has 1 aliphatic rings. The van der Waals surface area contributed by atoms with Gasteiger partial charge in [-0.05, 0) is 37.1 Å². The Morgan fingerprint density at radius 2 is 2.19 bits per heavy atom. The quantitative estimate of drug-likeness (QED) is 0.804. The maximum Gasteiger partial charge on any atom is 0.251 e. The molecule has 0 spiro atoms. The van der Waals surface area contributed by atoms with Crippen LogP contribution in [0.3, 0.4) is 0 Å². The van der Waals surface area contributed by atoms with E-state index in [1.54, 1.807) is 0 Å². The zero-order valence-corrected chi connectivity index (χ0v) is 9.62. The summed E-state index contributed by atoms with van der Waals surface area (Å²) in [6.07, 6.45) is 2.03. The molecule has 1 aromatic carbocycles. The second-order valence-electron chi connectivity index (χ2n) is 4.21. The van der Waals surface area contributed by atoms with Gasteiger partial charge in [0.25, 0.3) is 5.91 Å². The third kappa shape index (κ3) is 2.61. The van der Waals surface area contributed by atoms with Crippen molar-refractivity contribution in [3.63, 3.8) is 0 Å². The summed E-state index contributed by atoms with van der Waals surface area (Å²) in [7, 11) is 0. The second kappa shape index (κ2) is 5.12. The minimum absolute atomic E-state index is 0.0383. The molecule has 16 heavy (non-hydrogen) atoms. The minimum atomic E-state index is 0.0383. The van der Waals surface area contributed by atoms with Crippen molar-refractivity contribution in [2.75, 3.05) is 13.1 Å². The van der Waals surface area contributed by atoms with Gasteiger partial charge in [0.1, 0.15) is 0 Å². The molecule has 1 aliphatic heterocycles. The van der Waals surface area contributed by atoms with E-state index in [1.165, 1.54) is 5.56 Å². The third-order valence-electron chi connectivity index (χ3n) is 3.02. The van der Waals surface area contributed by atoms with Gasteiger partial charge in [-0.1, -0.05) is 19.1 Å². The Balaban J connectivity index is 1.97. The molecule has 1 amide bonds. The third-order valence-corrected chi connectivity index (χ3v) is 3.02. The van der Waals surface area contributed by atoms with Crippen molar-refractivity contribution in [2.45, 2.75) is 25.8 Å². The Hall–Kier alpha value is -1.35. The Kier molecular flexibility index (Phi) is 3.57. The standard InChI is InChI=1S/C13H18N2O/c1-2-10-3-5-11(6-4-10)13(16)15-12-7-8-14-9-12/h3-6,12,14H,2,7-9H2,1H3,(H,15,16). The second-order valence-corrected chi connectivity index (χ2v) is 4.21. The van der Waals surface area contributed by atoms with Crippen LogP contribution in [0, 0.1) is 0 Å². The molecular weight excluding hydrogens is 200 g/mol. The zero-order valence-electron chi connectivity index (χ0n) is 9.62. The summed E-state index contributed by atoms with van der Waals surface area (Å²) in [4.78, 5) is 11.9. The van der Waals surface area contributed by atoms with Gasteiger partial charge in [-0.15, -0.1) is 0 Å². The number of benzene rings is 1. The fourth-order valence-corrected chi connectivity index (χ4v) is 1.94. The number of aryl methyl sites for hydroxylation is 1. The zero-order chi connectivity index (χ0) is 11.4. The highest BCUT2D eigenvalue weighted by Crippen LogP contribution is 2.06. The summed E-state index contributed by atoms with van der Waals surface area (Å²) in [6.45, 7) is 4.00. The number of amides is 1. The van der Waals surface area contributed by atoms with Crippen LogP contribution in [0.4, 0.5) is 0 Å². The van der Waals surface area contributed by atoms with Gasteiger partial charge in [0, 0.05) is 18.2 Å². The molecular formula is C13H18N2O. The van der Waals surface area contributed by atoms with Crippen LogP contribution in [-0.2, 0) is 6.42 Å². The highest BCUT2D eigenvalue weighted by Gasteiger charge is 2.17. The van der Waals surface area contributed by atoms with Crippen molar-refractivity contribution in [3.8, 4) is 0 Å². The van der Waals surface area contributed by atoms with Crippen LogP contribution < -0.4 is 10.6 Å². The van der Waals surface area contributed by atoms with E-state index in [1.807, 2.05) is 24.3 Å². The number of nitrogens with one attached hydrogen (secondary N) is 2. The monoisotopic (exact) mass is 218 g/mol. The molecule has 0 radical (unpaired) electrons. The van der Waals surface area contributed by atoms with Gasteiger partial charge in [0.05, 0.1) is 0 Å². The van der Waals surface area contributed by atoms with Crippen LogP contribution in [0.5, 0.6) is 0 Å². The van der Waals surface area contributed by atoms with E-state index in [-0.39, 0.29) is 5.91 Å². The Morgan fingerprint density at radius 1 is 1.44 bits per heavy atom. The van der Waals surface area contributed by atoms with E-state index >= 15 is 0 Å². The molecule has 2 N–H and O–H groups in total. The van der Waals surface area contributed by atoms with Gasteiger partial charge in [-0.3, -0.25) is 4.79 Å². The SMILES string of the molecule is CCc1ccc(C(=O)NC2CCNC2)cc1. The van der Waals surface area contributed by atoms with Gasteiger partial charge in [0.2, 0.25) is 0 Å². The molecule has 1 unspecified atom stereocenters. The summed E-state index contributed by atoms with van der Waals surface area (Å²) in [5.74, 6) is 0.0383. The molecule has 0 aromatic heterocycles. The maximum atomic E-state index is 11.9. The van der Waals surface area contributed by atoms with Crippen LogP contribution in [-0.4, -0.2) is 25.0 Å². The Labute approximate surface area is 96.2 Å². The molecule has 1 fully saturated rings. The highest BCUT2D eigenvalue weighted by atomic mass is 16.1. The predicted molar refractivity (Wildman–Crippen MR) is 64.6 cm³/mol. The molecule has 1 heterocycles. The lowest BCUT2D eigenvalue weighted by atomic mass is 10.1. The first kappa shape index (κ1) is 11.1. The normalized spacial score (nSPS) is 19.7. The van der Waals surface area contributed by atoms with Crippen molar-refractivity contribution in [1.82, 2.24) is 10.6 Å². The molecule has 2 rings (SSSR count). The molecule has 86 valence electrons. The lowest BCUT2D eigenvalue weighted by Gasteiger charge is -2.11. The largest absolute Gasteiger partial charge is 0.348 e. The summed E-state index contributed by atoms with van der Waals surface area (Å²) in [5.41, 5.74) is 2.02. The fraction of sp³-hybridized carbons (Fsp3) is 0.462. The maximum absolute atomic E-state index is 11.9. The van der Waals surface area contributed by atoms with Gasteiger partial charge in [0.15, 0.2) is 0 Å². The Bertz CT molecular complexity index is 353. The molecule has 3 heteroatoms. The number of hydrogen-bond acceptors (Lipinski definition) is 2. The fourth-order valence-electron chi connectivity index (χ4n) is 1.94. The van der Waals surface area contributed by atoms with Gasteiger partial charge < -0.3 is 10.6 Å². The molecule has 1 saturated heterocycles. The Morgan fingerprint density at radius 3 is 2.75 bits per heavy atom. The van der Waals surface area contributed by atoms with E-state index < -0.39 is 0 Å². The number of rotatable bonds is 3.